The SMILES string of the molecule is CCNc1nc(NC2CN3CCC2CC3)c2ccsc2n1. The van der Waals surface area contributed by atoms with E-state index in [9.17, 15) is 0 Å². The minimum absolute atomic E-state index is 0.528. The number of aromatic nitrogens is 2. The van der Waals surface area contributed by atoms with Crippen LogP contribution >= 0.6 is 11.3 Å². The number of piperidine rings is 3. The highest BCUT2D eigenvalue weighted by Gasteiger charge is 2.34. The van der Waals surface area contributed by atoms with Crippen LogP contribution in [0.25, 0.3) is 10.2 Å². The third-order valence-electron chi connectivity index (χ3n) is 4.64. The maximum atomic E-state index is 4.70. The summed E-state index contributed by atoms with van der Waals surface area (Å²) in [6.45, 7) is 6.60. The van der Waals surface area contributed by atoms with Gasteiger partial charge in [0.05, 0.1) is 5.39 Å². The Morgan fingerprint density at radius 3 is 2.90 bits per heavy atom. The van der Waals surface area contributed by atoms with Gasteiger partial charge in [0, 0.05) is 19.1 Å². The predicted molar refractivity (Wildman–Crippen MR) is 88.2 cm³/mol. The second-order valence-corrected chi connectivity index (χ2v) is 6.85. The van der Waals surface area contributed by atoms with Crippen LogP contribution in [-0.2, 0) is 0 Å². The third kappa shape index (κ3) is 2.46. The van der Waals surface area contributed by atoms with E-state index in [1.165, 1.54) is 25.9 Å². The molecule has 3 aliphatic rings. The molecule has 0 amide bonds. The van der Waals surface area contributed by atoms with Crippen molar-refractivity contribution >= 4 is 33.3 Å². The van der Waals surface area contributed by atoms with Gasteiger partial charge in [0.15, 0.2) is 0 Å². The Balaban J connectivity index is 1.64. The van der Waals surface area contributed by atoms with Crippen LogP contribution in [0.5, 0.6) is 0 Å². The molecular formula is C15H21N5S. The van der Waals surface area contributed by atoms with Gasteiger partial charge in [-0.25, -0.2) is 4.98 Å². The average molecular weight is 303 g/mol. The minimum atomic E-state index is 0.528. The van der Waals surface area contributed by atoms with Gasteiger partial charge < -0.3 is 15.5 Å². The first-order chi connectivity index (χ1) is 10.3. The summed E-state index contributed by atoms with van der Waals surface area (Å²) in [6, 6.07) is 2.65. The molecule has 1 atom stereocenters. The number of fused-ring (bicyclic) bond motifs is 4. The Morgan fingerprint density at radius 2 is 2.19 bits per heavy atom. The van der Waals surface area contributed by atoms with E-state index in [1.54, 1.807) is 11.3 Å². The normalized spacial score (nSPS) is 28.0. The lowest BCUT2D eigenvalue weighted by atomic mass is 9.84. The Bertz CT molecular complexity index is 632. The molecule has 3 fully saturated rings. The standard InChI is InChI=1S/C15H21N5S/c1-2-16-15-18-13(11-5-8-21-14(11)19-15)17-12-9-20-6-3-10(12)4-7-20/h5,8,10,12H,2-4,6-7,9H2,1H3,(H2,16,17,18,19). The van der Waals surface area contributed by atoms with Gasteiger partial charge in [-0.1, -0.05) is 0 Å². The van der Waals surface area contributed by atoms with Gasteiger partial charge >= 0.3 is 0 Å². The second kappa shape index (κ2) is 5.42. The van der Waals surface area contributed by atoms with Crippen molar-refractivity contribution in [2.45, 2.75) is 25.8 Å². The van der Waals surface area contributed by atoms with Gasteiger partial charge in [0.25, 0.3) is 0 Å². The monoisotopic (exact) mass is 303 g/mol. The van der Waals surface area contributed by atoms with Crippen LogP contribution in [0, 0.1) is 5.92 Å². The first-order valence-corrected chi connectivity index (χ1v) is 8.69. The van der Waals surface area contributed by atoms with Crippen LogP contribution in [0.1, 0.15) is 19.8 Å². The predicted octanol–water partition coefficient (Wildman–Crippen LogP) is 2.63. The summed E-state index contributed by atoms with van der Waals surface area (Å²) in [5.74, 6) is 2.52. The molecule has 2 aromatic heterocycles. The second-order valence-electron chi connectivity index (χ2n) is 5.95. The summed E-state index contributed by atoms with van der Waals surface area (Å²) in [6.07, 6.45) is 2.63. The van der Waals surface area contributed by atoms with Crippen LogP contribution in [-0.4, -0.2) is 47.1 Å². The fourth-order valence-corrected chi connectivity index (χ4v) is 4.27. The topological polar surface area (TPSA) is 53.1 Å². The maximum Gasteiger partial charge on any atom is 0.226 e. The van der Waals surface area contributed by atoms with Gasteiger partial charge in [-0.3, -0.25) is 0 Å². The molecule has 2 aromatic rings. The summed E-state index contributed by atoms with van der Waals surface area (Å²) in [7, 11) is 0. The molecule has 0 saturated carbocycles. The molecule has 2 bridgehead atoms. The highest BCUT2D eigenvalue weighted by molar-refractivity contribution is 7.16. The molecule has 0 spiro atoms. The molecule has 3 aliphatic heterocycles. The lowest BCUT2D eigenvalue weighted by molar-refractivity contribution is 0.0974. The molecule has 3 saturated heterocycles. The largest absolute Gasteiger partial charge is 0.365 e. The fourth-order valence-electron chi connectivity index (χ4n) is 3.51. The van der Waals surface area contributed by atoms with Crippen molar-refractivity contribution in [3.63, 3.8) is 0 Å². The molecule has 1 unspecified atom stereocenters. The molecule has 2 N–H and O–H groups in total. The zero-order valence-corrected chi connectivity index (χ0v) is 13.1. The number of anilines is 2. The summed E-state index contributed by atoms with van der Waals surface area (Å²) in [4.78, 5) is 12.9. The Kier molecular flexibility index (Phi) is 3.43. The van der Waals surface area contributed by atoms with Crippen molar-refractivity contribution in [3.05, 3.63) is 11.4 Å². The van der Waals surface area contributed by atoms with Crippen molar-refractivity contribution in [1.29, 1.82) is 0 Å². The average Bonchev–Trinajstić information content (AvgIpc) is 2.97. The van der Waals surface area contributed by atoms with Crippen LogP contribution in [0.15, 0.2) is 11.4 Å². The van der Waals surface area contributed by atoms with E-state index in [2.05, 4.69) is 38.9 Å². The molecule has 5 rings (SSSR count). The molecule has 5 heterocycles. The molecule has 6 heteroatoms. The van der Waals surface area contributed by atoms with E-state index in [-0.39, 0.29) is 0 Å². The van der Waals surface area contributed by atoms with Crippen LogP contribution in [0.3, 0.4) is 0 Å². The van der Waals surface area contributed by atoms with Crippen molar-refractivity contribution in [2.24, 2.45) is 5.92 Å². The van der Waals surface area contributed by atoms with E-state index in [1.807, 2.05) is 0 Å². The van der Waals surface area contributed by atoms with Crippen molar-refractivity contribution in [1.82, 2.24) is 14.9 Å². The van der Waals surface area contributed by atoms with E-state index >= 15 is 0 Å². The maximum absolute atomic E-state index is 4.70. The molecule has 0 aromatic carbocycles. The molecule has 0 radical (unpaired) electrons. The quantitative estimate of drug-likeness (QED) is 0.909. The number of nitrogens with zero attached hydrogens (tertiary/aromatic N) is 3. The van der Waals surface area contributed by atoms with E-state index in [0.717, 1.165) is 41.0 Å². The van der Waals surface area contributed by atoms with Gasteiger partial charge in [0.2, 0.25) is 5.95 Å². The first kappa shape index (κ1) is 13.3. The lowest BCUT2D eigenvalue weighted by Crippen LogP contribution is -2.53. The van der Waals surface area contributed by atoms with Gasteiger partial charge in [0.1, 0.15) is 10.6 Å². The lowest BCUT2D eigenvalue weighted by Gasteiger charge is -2.45. The number of thiophene rings is 1. The zero-order valence-electron chi connectivity index (χ0n) is 12.3. The number of hydrogen-bond acceptors (Lipinski definition) is 6. The van der Waals surface area contributed by atoms with E-state index in [0.29, 0.717) is 6.04 Å². The van der Waals surface area contributed by atoms with Crippen LogP contribution < -0.4 is 10.6 Å². The number of rotatable bonds is 4. The zero-order chi connectivity index (χ0) is 14.2. The summed E-state index contributed by atoms with van der Waals surface area (Å²) < 4.78 is 0. The molecule has 5 nitrogen and oxygen atoms in total. The smallest absolute Gasteiger partial charge is 0.226 e. The number of hydrogen-bond donors (Lipinski definition) is 2. The Hall–Kier alpha value is -1.40. The molecule has 21 heavy (non-hydrogen) atoms. The van der Waals surface area contributed by atoms with Gasteiger partial charge in [-0.2, -0.15) is 4.98 Å². The molecular weight excluding hydrogens is 282 g/mol. The highest BCUT2D eigenvalue weighted by Crippen LogP contribution is 2.32. The van der Waals surface area contributed by atoms with E-state index in [4.69, 9.17) is 4.98 Å². The third-order valence-corrected chi connectivity index (χ3v) is 5.44. The summed E-state index contributed by atoms with van der Waals surface area (Å²) in [5, 5.41) is 10.2. The Labute approximate surface area is 128 Å². The molecule has 0 aliphatic carbocycles. The van der Waals surface area contributed by atoms with Crippen molar-refractivity contribution in [2.75, 3.05) is 36.8 Å². The van der Waals surface area contributed by atoms with Gasteiger partial charge in [-0.05, 0) is 50.2 Å². The summed E-state index contributed by atoms with van der Waals surface area (Å²) in [5.41, 5.74) is 0. The fraction of sp³-hybridized carbons (Fsp3) is 0.600. The van der Waals surface area contributed by atoms with Crippen LogP contribution in [0.4, 0.5) is 11.8 Å². The van der Waals surface area contributed by atoms with Gasteiger partial charge in [-0.15, -0.1) is 11.3 Å². The number of nitrogens with one attached hydrogen (secondary N) is 2. The Morgan fingerprint density at radius 1 is 1.33 bits per heavy atom. The van der Waals surface area contributed by atoms with Crippen molar-refractivity contribution < 1.29 is 0 Å². The summed E-state index contributed by atoms with van der Waals surface area (Å²) >= 11 is 1.68. The minimum Gasteiger partial charge on any atom is -0.365 e. The molecule has 112 valence electrons. The van der Waals surface area contributed by atoms with Crippen molar-refractivity contribution in [3.8, 4) is 0 Å². The first-order valence-electron chi connectivity index (χ1n) is 7.81. The van der Waals surface area contributed by atoms with Crippen LogP contribution in [0.2, 0.25) is 0 Å². The van der Waals surface area contributed by atoms with E-state index < -0.39 is 0 Å². The highest BCUT2D eigenvalue weighted by atomic mass is 32.1.